The molecule has 2 fully saturated rings. The minimum atomic E-state index is -4.28. The Morgan fingerprint density at radius 3 is 2.50 bits per heavy atom. The molecule has 0 aliphatic carbocycles. The van der Waals surface area contributed by atoms with Gasteiger partial charge in [-0.3, -0.25) is 4.90 Å². The lowest BCUT2D eigenvalue weighted by molar-refractivity contribution is -0.137. The van der Waals surface area contributed by atoms with E-state index in [1.807, 2.05) is 0 Å². The number of halogens is 3. The topological polar surface area (TPSA) is 24.5 Å². The molecule has 0 bridgehead atoms. The molecule has 0 radical (unpaired) electrons. The molecule has 6 heteroatoms. The zero-order valence-electron chi connectivity index (χ0n) is 12.5. The minimum absolute atomic E-state index is 0.0398. The Morgan fingerprint density at radius 2 is 1.91 bits per heavy atom. The van der Waals surface area contributed by atoms with Crippen LogP contribution in [0, 0.1) is 0 Å². The smallest absolute Gasteiger partial charge is 0.377 e. The van der Waals surface area contributed by atoms with E-state index in [4.69, 9.17) is 4.74 Å². The number of rotatable bonds is 5. The molecule has 2 saturated heterocycles. The Bertz CT molecular complexity index is 508. The average Bonchev–Trinajstić information content (AvgIpc) is 2.95. The molecule has 0 unspecified atom stereocenters. The van der Waals surface area contributed by atoms with Crippen molar-refractivity contribution < 1.29 is 17.9 Å². The number of hydrogen-bond acceptors (Lipinski definition) is 3. The van der Waals surface area contributed by atoms with Crippen molar-refractivity contribution in [2.75, 3.05) is 32.8 Å². The number of ether oxygens (including phenoxy) is 1. The van der Waals surface area contributed by atoms with Gasteiger partial charge in [-0.2, -0.15) is 13.2 Å². The monoisotopic (exact) mass is 314 g/mol. The van der Waals surface area contributed by atoms with Crippen LogP contribution in [0.2, 0.25) is 0 Å². The average molecular weight is 314 g/mol. The van der Waals surface area contributed by atoms with E-state index in [0.29, 0.717) is 25.3 Å². The van der Waals surface area contributed by atoms with Crippen molar-refractivity contribution in [2.45, 2.75) is 31.1 Å². The van der Waals surface area contributed by atoms with Gasteiger partial charge in [-0.05, 0) is 37.6 Å². The van der Waals surface area contributed by atoms with Gasteiger partial charge in [-0.1, -0.05) is 18.2 Å². The molecule has 1 N–H and O–H groups in total. The van der Waals surface area contributed by atoms with E-state index in [2.05, 4.69) is 10.2 Å². The highest BCUT2D eigenvalue weighted by Crippen LogP contribution is 2.30. The van der Waals surface area contributed by atoms with Crippen LogP contribution in [0.25, 0.3) is 0 Å². The third kappa shape index (κ3) is 3.29. The Balaban J connectivity index is 1.56. The predicted molar refractivity (Wildman–Crippen MR) is 77.5 cm³/mol. The van der Waals surface area contributed by atoms with Crippen molar-refractivity contribution in [3.05, 3.63) is 35.4 Å². The number of nitrogens with zero attached hydrogens (tertiary/aromatic N) is 1. The first-order valence-electron chi connectivity index (χ1n) is 7.69. The summed E-state index contributed by atoms with van der Waals surface area (Å²) in [5.41, 5.74) is 0.109. The lowest BCUT2D eigenvalue weighted by Crippen LogP contribution is -2.66. The first-order valence-corrected chi connectivity index (χ1v) is 7.69. The molecule has 3 rings (SSSR count). The van der Waals surface area contributed by atoms with E-state index in [0.717, 1.165) is 25.7 Å². The number of hydrogen-bond donors (Lipinski definition) is 1. The van der Waals surface area contributed by atoms with Gasteiger partial charge < -0.3 is 10.1 Å². The summed E-state index contributed by atoms with van der Waals surface area (Å²) in [5, 5.41) is 3.31. The van der Waals surface area contributed by atoms with Crippen LogP contribution in [0.1, 0.15) is 24.0 Å². The summed E-state index contributed by atoms with van der Waals surface area (Å²) in [6, 6.07) is 5.51. The quantitative estimate of drug-likeness (QED) is 0.904. The normalized spacial score (nSPS) is 21.8. The summed E-state index contributed by atoms with van der Waals surface area (Å²) in [7, 11) is 0. The third-order valence-electron chi connectivity index (χ3n) is 4.56. The van der Waals surface area contributed by atoms with Crippen LogP contribution in [0.3, 0.4) is 0 Å². The summed E-state index contributed by atoms with van der Waals surface area (Å²) in [6.45, 7) is 4.80. The second kappa shape index (κ2) is 6.18. The second-order valence-corrected chi connectivity index (χ2v) is 6.21. The van der Waals surface area contributed by atoms with Crippen molar-refractivity contribution in [3.63, 3.8) is 0 Å². The minimum Gasteiger partial charge on any atom is -0.377 e. The van der Waals surface area contributed by atoms with Gasteiger partial charge in [0.1, 0.15) is 0 Å². The fourth-order valence-corrected chi connectivity index (χ4v) is 3.22. The van der Waals surface area contributed by atoms with Crippen LogP contribution in [0.15, 0.2) is 24.3 Å². The molecule has 2 aliphatic rings. The molecule has 0 amide bonds. The Morgan fingerprint density at radius 1 is 1.18 bits per heavy atom. The van der Waals surface area contributed by atoms with Gasteiger partial charge in [-0.15, -0.1) is 0 Å². The van der Waals surface area contributed by atoms with Crippen molar-refractivity contribution in [3.8, 4) is 0 Å². The molecule has 0 spiro atoms. The number of benzene rings is 1. The van der Waals surface area contributed by atoms with Gasteiger partial charge in [0.05, 0.1) is 24.3 Å². The van der Waals surface area contributed by atoms with Crippen molar-refractivity contribution in [1.29, 1.82) is 0 Å². The zero-order valence-corrected chi connectivity index (χ0v) is 12.5. The Labute approximate surface area is 128 Å². The molecular weight excluding hydrogens is 293 g/mol. The number of nitrogens with one attached hydrogen (secondary N) is 1. The van der Waals surface area contributed by atoms with Crippen LogP contribution in [-0.2, 0) is 17.5 Å². The molecule has 2 aliphatic heterocycles. The second-order valence-electron chi connectivity index (χ2n) is 6.21. The van der Waals surface area contributed by atoms with Gasteiger partial charge in [0, 0.05) is 13.1 Å². The van der Waals surface area contributed by atoms with E-state index in [1.54, 1.807) is 6.07 Å². The standard InChI is InChI=1S/C16H21F3N2O/c17-16(18,19)14-5-3-4-13(8-14)9-20-10-15(11-22-12-15)21-6-1-2-7-21/h3-5,8,20H,1-2,6-7,9-12H2. The summed E-state index contributed by atoms with van der Waals surface area (Å²) < 4.78 is 43.5. The highest BCUT2D eigenvalue weighted by Gasteiger charge is 2.44. The molecule has 0 atom stereocenters. The predicted octanol–water partition coefficient (Wildman–Crippen LogP) is 2.66. The number of alkyl halides is 3. The van der Waals surface area contributed by atoms with E-state index >= 15 is 0 Å². The molecule has 2 heterocycles. The Kier molecular flexibility index (Phi) is 4.43. The molecular formula is C16H21F3N2O. The summed E-state index contributed by atoms with van der Waals surface area (Å²) in [5.74, 6) is 0. The van der Waals surface area contributed by atoms with E-state index in [-0.39, 0.29) is 5.54 Å². The van der Waals surface area contributed by atoms with Crippen LogP contribution in [0.4, 0.5) is 13.2 Å². The highest BCUT2D eigenvalue weighted by atomic mass is 19.4. The van der Waals surface area contributed by atoms with E-state index in [1.165, 1.54) is 25.0 Å². The maximum absolute atomic E-state index is 12.7. The first kappa shape index (κ1) is 15.8. The van der Waals surface area contributed by atoms with Crippen LogP contribution in [-0.4, -0.2) is 43.3 Å². The number of likely N-dealkylation sites (tertiary alicyclic amines) is 1. The first-order chi connectivity index (χ1) is 10.5. The lowest BCUT2D eigenvalue weighted by atomic mass is 9.95. The molecule has 1 aromatic rings. The molecule has 22 heavy (non-hydrogen) atoms. The van der Waals surface area contributed by atoms with Crippen molar-refractivity contribution in [2.24, 2.45) is 0 Å². The molecule has 0 aromatic heterocycles. The van der Waals surface area contributed by atoms with Crippen LogP contribution in [0.5, 0.6) is 0 Å². The molecule has 1 aromatic carbocycles. The van der Waals surface area contributed by atoms with E-state index in [9.17, 15) is 13.2 Å². The van der Waals surface area contributed by atoms with Crippen molar-refractivity contribution in [1.82, 2.24) is 10.2 Å². The summed E-state index contributed by atoms with van der Waals surface area (Å²) >= 11 is 0. The fraction of sp³-hybridized carbons (Fsp3) is 0.625. The fourth-order valence-electron chi connectivity index (χ4n) is 3.22. The van der Waals surface area contributed by atoms with Gasteiger partial charge in [0.25, 0.3) is 0 Å². The Hall–Kier alpha value is -1.11. The van der Waals surface area contributed by atoms with Gasteiger partial charge >= 0.3 is 6.18 Å². The molecule has 0 saturated carbocycles. The molecule has 3 nitrogen and oxygen atoms in total. The van der Waals surface area contributed by atoms with Crippen LogP contribution >= 0.6 is 0 Å². The van der Waals surface area contributed by atoms with Crippen molar-refractivity contribution >= 4 is 0 Å². The van der Waals surface area contributed by atoms with Gasteiger partial charge in [0.2, 0.25) is 0 Å². The maximum atomic E-state index is 12.7. The molecule has 122 valence electrons. The third-order valence-corrected chi connectivity index (χ3v) is 4.56. The van der Waals surface area contributed by atoms with E-state index < -0.39 is 11.7 Å². The van der Waals surface area contributed by atoms with Gasteiger partial charge in [0.15, 0.2) is 0 Å². The lowest BCUT2D eigenvalue weighted by Gasteiger charge is -2.48. The maximum Gasteiger partial charge on any atom is 0.416 e. The highest BCUT2D eigenvalue weighted by molar-refractivity contribution is 5.25. The summed E-state index contributed by atoms with van der Waals surface area (Å²) in [6.07, 6.45) is -1.85. The SMILES string of the molecule is FC(F)(F)c1cccc(CNCC2(N3CCCC3)COC2)c1. The van der Waals surface area contributed by atoms with Gasteiger partial charge in [-0.25, -0.2) is 0 Å². The zero-order chi connectivity index (χ0) is 15.6. The van der Waals surface area contributed by atoms with Crippen LogP contribution < -0.4 is 5.32 Å². The summed E-state index contributed by atoms with van der Waals surface area (Å²) in [4.78, 5) is 2.45. The largest absolute Gasteiger partial charge is 0.416 e.